The van der Waals surface area contributed by atoms with Crippen LogP contribution in [-0.4, -0.2) is 24.3 Å². The van der Waals surface area contributed by atoms with Gasteiger partial charge in [0.2, 0.25) is 0 Å². The van der Waals surface area contributed by atoms with Crippen molar-refractivity contribution in [3.05, 3.63) is 0 Å². The molecule has 70 valence electrons. The third-order valence-corrected chi connectivity index (χ3v) is 2.60. The summed E-state index contributed by atoms with van der Waals surface area (Å²) in [6.07, 6.45) is 4.76. The molecule has 3 heteroatoms. The van der Waals surface area contributed by atoms with E-state index in [-0.39, 0.29) is 12.0 Å². The van der Waals surface area contributed by atoms with Gasteiger partial charge in [-0.15, -0.1) is 0 Å². The van der Waals surface area contributed by atoms with Crippen molar-refractivity contribution in [3.63, 3.8) is 0 Å². The van der Waals surface area contributed by atoms with Gasteiger partial charge in [0.1, 0.15) is 0 Å². The van der Waals surface area contributed by atoms with Crippen LogP contribution in [0.4, 0.5) is 0 Å². The smallest absolute Gasteiger partial charge is 0.306 e. The van der Waals surface area contributed by atoms with Crippen molar-refractivity contribution >= 4 is 5.97 Å². The molecule has 0 aromatic heterocycles. The van der Waals surface area contributed by atoms with Crippen LogP contribution in [0.25, 0.3) is 0 Å². The lowest BCUT2D eigenvalue weighted by Gasteiger charge is -2.10. The van der Waals surface area contributed by atoms with Gasteiger partial charge in [-0.05, 0) is 25.7 Å². The first kappa shape index (κ1) is 9.52. The average Bonchev–Trinajstić information content (AvgIpc) is 2.28. The SMILES string of the molecule is CO[C@H]1CCC[C@H](C(=O)O)CC1. The molecule has 2 atom stereocenters. The first-order valence-corrected chi connectivity index (χ1v) is 4.49. The van der Waals surface area contributed by atoms with Crippen molar-refractivity contribution in [2.24, 2.45) is 5.92 Å². The summed E-state index contributed by atoms with van der Waals surface area (Å²) in [5, 5.41) is 8.78. The Labute approximate surface area is 72.7 Å². The predicted molar refractivity (Wildman–Crippen MR) is 45.0 cm³/mol. The summed E-state index contributed by atoms with van der Waals surface area (Å²) in [5.74, 6) is -0.781. The largest absolute Gasteiger partial charge is 0.481 e. The Morgan fingerprint density at radius 1 is 1.33 bits per heavy atom. The van der Waals surface area contributed by atoms with E-state index < -0.39 is 5.97 Å². The molecule has 0 spiro atoms. The van der Waals surface area contributed by atoms with E-state index in [0.717, 1.165) is 32.1 Å². The number of rotatable bonds is 2. The van der Waals surface area contributed by atoms with Crippen molar-refractivity contribution < 1.29 is 14.6 Å². The number of ether oxygens (including phenoxy) is 1. The molecule has 1 fully saturated rings. The predicted octanol–water partition coefficient (Wildman–Crippen LogP) is 1.67. The monoisotopic (exact) mass is 172 g/mol. The van der Waals surface area contributed by atoms with Crippen molar-refractivity contribution in [2.75, 3.05) is 7.11 Å². The van der Waals surface area contributed by atoms with E-state index in [1.165, 1.54) is 0 Å². The summed E-state index contributed by atoms with van der Waals surface area (Å²) < 4.78 is 5.21. The molecule has 0 unspecified atom stereocenters. The molecule has 1 aliphatic rings. The van der Waals surface area contributed by atoms with E-state index >= 15 is 0 Å². The maximum atomic E-state index is 10.7. The van der Waals surface area contributed by atoms with Crippen molar-refractivity contribution in [1.82, 2.24) is 0 Å². The molecule has 1 rings (SSSR count). The number of carbonyl (C=O) groups is 1. The number of methoxy groups -OCH3 is 1. The number of hydrogen-bond acceptors (Lipinski definition) is 2. The molecule has 0 radical (unpaired) electrons. The molecular formula is C9H16O3. The number of aliphatic carboxylic acids is 1. The fraction of sp³-hybridized carbons (Fsp3) is 0.889. The first-order chi connectivity index (χ1) is 5.74. The zero-order valence-corrected chi connectivity index (χ0v) is 7.45. The zero-order valence-electron chi connectivity index (χ0n) is 7.45. The molecule has 0 amide bonds. The summed E-state index contributed by atoms with van der Waals surface area (Å²) >= 11 is 0. The summed E-state index contributed by atoms with van der Waals surface area (Å²) in [6.45, 7) is 0. The third kappa shape index (κ3) is 2.48. The highest BCUT2D eigenvalue weighted by atomic mass is 16.5. The highest BCUT2D eigenvalue weighted by Gasteiger charge is 2.22. The van der Waals surface area contributed by atoms with Gasteiger partial charge in [-0.25, -0.2) is 0 Å². The van der Waals surface area contributed by atoms with Crippen LogP contribution in [0.2, 0.25) is 0 Å². The molecule has 12 heavy (non-hydrogen) atoms. The standard InChI is InChI=1S/C9H16O3/c1-12-8-4-2-3-7(5-6-8)9(10)11/h7-8H,2-6H2,1H3,(H,10,11)/t7-,8-/m0/s1. The van der Waals surface area contributed by atoms with Gasteiger partial charge in [-0.3, -0.25) is 4.79 Å². The second-order valence-electron chi connectivity index (χ2n) is 3.40. The Morgan fingerprint density at radius 2 is 2.08 bits per heavy atom. The van der Waals surface area contributed by atoms with Crippen molar-refractivity contribution in [2.45, 2.75) is 38.2 Å². The second kappa shape index (κ2) is 4.45. The average molecular weight is 172 g/mol. The zero-order chi connectivity index (χ0) is 8.97. The maximum absolute atomic E-state index is 10.7. The van der Waals surface area contributed by atoms with E-state index in [1.54, 1.807) is 7.11 Å². The Kier molecular flexibility index (Phi) is 3.53. The Morgan fingerprint density at radius 3 is 2.67 bits per heavy atom. The van der Waals surface area contributed by atoms with Crippen molar-refractivity contribution in [3.8, 4) is 0 Å². The molecule has 0 aromatic rings. The minimum absolute atomic E-state index is 0.134. The van der Waals surface area contributed by atoms with E-state index in [2.05, 4.69) is 0 Å². The van der Waals surface area contributed by atoms with Crippen molar-refractivity contribution in [1.29, 1.82) is 0 Å². The summed E-state index contributed by atoms with van der Waals surface area (Å²) in [4.78, 5) is 10.7. The van der Waals surface area contributed by atoms with Gasteiger partial charge < -0.3 is 9.84 Å². The lowest BCUT2D eigenvalue weighted by Crippen LogP contribution is -2.13. The molecule has 1 saturated carbocycles. The number of carboxylic acids is 1. The third-order valence-electron chi connectivity index (χ3n) is 2.60. The van der Waals surface area contributed by atoms with Crippen LogP contribution in [0, 0.1) is 5.92 Å². The molecule has 1 aliphatic carbocycles. The van der Waals surface area contributed by atoms with Crippen LogP contribution in [-0.2, 0) is 9.53 Å². The van der Waals surface area contributed by atoms with E-state index in [0.29, 0.717) is 0 Å². The second-order valence-corrected chi connectivity index (χ2v) is 3.40. The molecule has 0 aromatic carbocycles. The summed E-state index contributed by atoms with van der Waals surface area (Å²) in [7, 11) is 1.70. The fourth-order valence-corrected chi connectivity index (χ4v) is 1.75. The fourth-order valence-electron chi connectivity index (χ4n) is 1.75. The van der Waals surface area contributed by atoms with E-state index in [4.69, 9.17) is 9.84 Å². The van der Waals surface area contributed by atoms with Gasteiger partial charge in [-0.2, -0.15) is 0 Å². The summed E-state index contributed by atoms with van der Waals surface area (Å²) in [5.41, 5.74) is 0. The van der Waals surface area contributed by atoms with Crippen LogP contribution in [0.15, 0.2) is 0 Å². The van der Waals surface area contributed by atoms with Crippen LogP contribution in [0.1, 0.15) is 32.1 Å². The number of carboxylic acid groups (broad SMARTS) is 1. The normalized spacial score (nSPS) is 31.1. The van der Waals surface area contributed by atoms with Gasteiger partial charge in [0.25, 0.3) is 0 Å². The van der Waals surface area contributed by atoms with Crippen LogP contribution in [0.3, 0.4) is 0 Å². The van der Waals surface area contributed by atoms with Gasteiger partial charge in [0, 0.05) is 7.11 Å². The van der Waals surface area contributed by atoms with Gasteiger partial charge in [0.15, 0.2) is 0 Å². The van der Waals surface area contributed by atoms with Crippen LogP contribution in [0.5, 0.6) is 0 Å². The molecule has 0 aliphatic heterocycles. The molecular weight excluding hydrogens is 156 g/mol. The minimum atomic E-state index is -0.647. The van der Waals surface area contributed by atoms with E-state index in [9.17, 15) is 4.79 Å². The van der Waals surface area contributed by atoms with Gasteiger partial charge >= 0.3 is 5.97 Å². The number of hydrogen-bond donors (Lipinski definition) is 1. The highest BCUT2D eigenvalue weighted by Crippen LogP contribution is 2.24. The Hall–Kier alpha value is -0.570. The minimum Gasteiger partial charge on any atom is -0.481 e. The first-order valence-electron chi connectivity index (χ1n) is 4.49. The van der Waals surface area contributed by atoms with Gasteiger partial charge in [-0.1, -0.05) is 6.42 Å². The Balaban J connectivity index is 2.39. The van der Waals surface area contributed by atoms with E-state index in [1.807, 2.05) is 0 Å². The van der Waals surface area contributed by atoms with Gasteiger partial charge in [0.05, 0.1) is 12.0 Å². The van der Waals surface area contributed by atoms with Crippen LogP contribution < -0.4 is 0 Å². The van der Waals surface area contributed by atoms with Crippen LogP contribution >= 0.6 is 0 Å². The molecule has 3 nitrogen and oxygen atoms in total. The molecule has 0 bridgehead atoms. The highest BCUT2D eigenvalue weighted by molar-refractivity contribution is 5.69. The molecule has 0 heterocycles. The lowest BCUT2D eigenvalue weighted by molar-refractivity contribution is -0.142. The summed E-state index contributed by atoms with van der Waals surface area (Å²) in [6, 6.07) is 0. The maximum Gasteiger partial charge on any atom is 0.306 e. The topological polar surface area (TPSA) is 46.5 Å². The Bertz CT molecular complexity index is 156. The quantitative estimate of drug-likeness (QED) is 0.644. The molecule has 0 saturated heterocycles. The lowest BCUT2D eigenvalue weighted by atomic mass is 10.0. The molecule has 1 N–H and O–H groups in total.